The van der Waals surface area contributed by atoms with Crippen LogP contribution < -0.4 is 4.74 Å². The summed E-state index contributed by atoms with van der Waals surface area (Å²) in [5.41, 5.74) is 4.92. The highest BCUT2D eigenvalue weighted by Gasteiger charge is 2.32. The zero-order chi connectivity index (χ0) is 18.8. The van der Waals surface area contributed by atoms with E-state index in [1.54, 1.807) is 13.3 Å². The molecule has 1 saturated heterocycles. The predicted octanol–water partition coefficient (Wildman–Crippen LogP) is 4.20. The second-order valence-corrected chi connectivity index (χ2v) is 7.57. The number of hydrogen-bond acceptors (Lipinski definition) is 4. The van der Waals surface area contributed by atoms with E-state index >= 15 is 0 Å². The zero-order valence-corrected chi connectivity index (χ0v) is 15.9. The van der Waals surface area contributed by atoms with Gasteiger partial charge >= 0.3 is 0 Å². The third-order valence-electron chi connectivity index (χ3n) is 5.86. The molecule has 0 bridgehead atoms. The lowest BCUT2D eigenvalue weighted by Crippen LogP contribution is -2.23. The fraction of sp³-hybridized carbons (Fsp3) is 0.455. The van der Waals surface area contributed by atoms with Gasteiger partial charge in [0.2, 0.25) is 0 Å². The van der Waals surface area contributed by atoms with Gasteiger partial charge in [-0.2, -0.15) is 10.2 Å². The number of likely N-dealkylation sites (tertiary alicyclic amines) is 1. The summed E-state index contributed by atoms with van der Waals surface area (Å²) in [7, 11) is 1.70. The van der Waals surface area contributed by atoms with Crippen molar-refractivity contribution in [2.24, 2.45) is 0 Å². The van der Waals surface area contributed by atoms with Crippen molar-refractivity contribution in [1.82, 2.24) is 15.1 Å². The smallest absolute Gasteiger partial charge is 0.119 e. The van der Waals surface area contributed by atoms with Gasteiger partial charge in [0.15, 0.2) is 0 Å². The van der Waals surface area contributed by atoms with Crippen LogP contribution >= 0.6 is 0 Å². The van der Waals surface area contributed by atoms with Crippen LogP contribution in [-0.4, -0.2) is 48.0 Å². The van der Waals surface area contributed by atoms with Crippen LogP contribution in [0, 0.1) is 0 Å². The molecule has 4 nitrogen and oxygen atoms in total. The average molecular weight is 367 g/mol. The van der Waals surface area contributed by atoms with Gasteiger partial charge in [0, 0.05) is 37.7 Å². The Kier molecular flexibility index (Phi) is 5.21. The van der Waals surface area contributed by atoms with E-state index in [0.717, 1.165) is 31.0 Å². The first-order valence-electron chi connectivity index (χ1n) is 9.68. The lowest BCUT2D eigenvalue weighted by Gasteiger charge is -2.25. The van der Waals surface area contributed by atoms with Gasteiger partial charge in [-0.1, -0.05) is 24.6 Å². The molecule has 0 spiro atoms. The maximum atomic E-state index is 13.5. The number of alkyl halides is 1. The summed E-state index contributed by atoms with van der Waals surface area (Å²) in [6.07, 6.45) is 4.94. The van der Waals surface area contributed by atoms with Crippen LogP contribution in [0.2, 0.25) is 0 Å². The van der Waals surface area contributed by atoms with Crippen molar-refractivity contribution in [2.45, 2.75) is 37.8 Å². The number of rotatable bonds is 6. The first kappa shape index (κ1) is 18.1. The van der Waals surface area contributed by atoms with Gasteiger partial charge in [-0.3, -0.25) is 0 Å². The van der Waals surface area contributed by atoms with Crippen LogP contribution in [0.5, 0.6) is 5.75 Å². The van der Waals surface area contributed by atoms with Crippen LogP contribution in [0.1, 0.15) is 48.4 Å². The Morgan fingerprint density at radius 3 is 2.93 bits per heavy atom. The molecule has 142 valence electrons. The number of hydrogen-bond donors (Lipinski definition) is 0. The SMILES string of the molecule is COc1ccc2c(c1)C=C(CCN1CCC(F)C1)C2C(C)c1cccnn1. The van der Waals surface area contributed by atoms with Crippen molar-refractivity contribution < 1.29 is 9.13 Å². The average Bonchev–Trinajstić information content (AvgIpc) is 3.28. The minimum atomic E-state index is -0.668. The number of nitrogens with zero attached hydrogens (tertiary/aromatic N) is 3. The molecule has 3 atom stereocenters. The summed E-state index contributed by atoms with van der Waals surface area (Å²) in [6.45, 7) is 4.55. The van der Waals surface area contributed by atoms with E-state index in [9.17, 15) is 4.39 Å². The second-order valence-electron chi connectivity index (χ2n) is 7.57. The van der Waals surface area contributed by atoms with Crippen LogP contribution in [0.15, 0.2) is 42.1 Å². The summed E-state index contributed by atoms with van der Waals surface area (Å²) in [6, 6.07) is 10.3. The molecule has 2 aliphatic rings. The zero-order valence-electron chi connectivity index (χ0n) is 15.9. The molecular formula is C22H26FN3O. The summed E-state index contributed by atoms with van der Waals surface area (Å²) in [4.78, 5) is 2.24. The van der Waals surface area contributed by atoms with E-state index in [4.69, 9.17) is 4.74 Å². The van der Waals surface area contributed by atoms with E-state index in [1.165, 1.54) is 16.7 Å². The van der Waals surface area contributed by atoms with Crippen molar-refractivity contribution in [3.05, 3.63) is 58.9 Å². The van der Waals surface area contributed by atoms with E-state index in [2.05, 4.69) is 40.2 Å². The Morgan fingerprint density at radius 1 is 1.33 bits per heavy atom. The molecule has 27 heavy (non-hydrogen) atoms. The van der Waals surface area contributed by atoms with Gasteiger partial charge in [0.05, 0.1) is 12.8 Å². The molecule has 0 N–H and O–H groups in total. The fourth-order valence-corrected chi connectivity index (χ4v) is 4.40. The first-order chi connectivity index (χ1) is 13.2. The van der Waals surface area contributed by atoms with Gasteiger partial charge in [-0.25, -0.2) is 4.39 Å². The van der Waals surface area contributed by atoms with Gasteiger partial charge < -0.3 is 9.64 Å². The topological polar surface area (TPSA) is 38.2 Å². The van der Waals surface area contributed by atoms with E-state index in [1.807, 2.05) is 18.2 Å². The molecule has 4 rings (SSSR count). The Bertz CT molecular complexity index is 824. The molecule has 1 aromatic carbocycles. The minimum Gasteiger partial charge on any atom is -0.497 e. The monoisotopic (exact) mass is 367 g/mol. The summed E-state index contributed by atoms with van der Waals surface area (Å²) in [5.74, 6) is 1.37. The van der Waals surface area contributed by atoms with Crippen LogP contribution in [-0.2, 0) is 0 Å². The molecule has 2 aromatic rings. The number of fused-ring (bicyclic) bond motifs is 1. The second kappa shape index (κ2) is 7.77. The third-order valence-corrected chi connectivity index (χ3v) is 5.86. The minimum absolute atomic E-state index is 0.229. The Hall–Kier alpha value is -2.27. The number of aromatic nitrogens is 2. The van der Waals surface area contributed by atoms with Crippen molar-refractivity contribution in [1.29, 1.82) is 0 Å². The van der Waals surface area contributed by atoms with E-state index in [-0.39, 0.29) is 11.8 Å². The van der Waals surface area contributed by atoms with Gasteiger partial charge in [-0.05, 0) is 48.2 Å². The molecule has 1 aromatic heterocycles. The van der Waals surface area contributed by atoms with Crippen LogP contribution in [0.3, 0.4) is 0 Å². The van der Waals surface area contributed by atoms with Gasteiger partial charge in [-0.15, -0.1) is 0 Å². The highest BCUT2D eigenvalue weighted by molar-refractivity contribution is 5.68. The molecule has 5 heteroatoms. The molecule has 3 unspecified atom stereocenters. The Balaban J connectivity index is 1.60. The lowest BCUT2D eigenvalue weighted by molar-refractivity contribution is 0.289. The molecule has 1 fully saturated rings. The van der Waals surface area contributed by atoms with E-state index in [0.29, 0.717) is 13.0 Å². The normalized spacial score (nSPS) is 23.1. The molecule has 2 heterocycles. The van der Waals surface area contributed by atoms with Crippen molar-refractivity contribution >= 4 is 6.08 Å². The van der Waals surface area contributed by atoms with Crippen molar-refractivity contribution in [2.75, 3.05) is 26.7 Å². The van der Waals surface area contributed by atoms with E-state index < -0.39 is 6.17 Å². The largest absolute Gasteiger partial charge is 0.497 e. The highest BCUT2D eigenvalue weighted by atomic mass is 19.1. The molecule has 0 radical (unpaired) electrons. The molecule has 0 saturated carbocycles. The molecule has 0 amide bonds. The van der Waals surface area contributed by atoms with Gasteiger partial charge in [0.1, 0.15) is 11.9 Å². The standard InChI is InChI=1S/C22H26FN3O/c1-15(21-4-3-9-24-25-21)22-16(7-10-26-11-8-18(23)14-26)12-17-13-19(27-2)5-6-20(17)22/h3-6,9,12-13,15,18,22H,7-8,10-11,14H2,1-2H3. The number of halogens is 1. The van der Waals surface area contributed by atoms with Crippen molar-refractivity contribution in [3.63, 3.8) is 0 Å². The molecule has 1 aliphatic heterocycles. The quantitative estimate of drug-likeness (QED) is 0.767. The number of methoxy groups -OCH3 is 1. The summed E-state index contributed by atoms with van der Waals surface area (Å²) < 4.78 is 18.9. The fourth-order valence-electron chi connectivity index (χ4n) is 4.40. The van der Waals surface area contributed by atoms with Crippen molar-refractivity contribution in [3.8, 4) is 5.75 Å². The summed E-state index contributed by atoms with van der Waals surface area (Å²) in [5, 5.41) is 8.41. The van der Waals surface area contributed by atoms with Gasteiger partial charge in [0.25, 0.3) is 0 Å². The number of benzene rings is 1. The lowest BCUT2D eigenvalue weighted by atomic mass is 9.81. The number of ether oxygens (including phenoxy) is 1. The maximum Gasteiger partial charge on any atom is 0.119 e. The highest BCUT2D eigenvalue weighted by Crippen LogP contribution is 2.46. The Labute approximate surface area is 160 Å². The van der Waals surface area contributed by atoms with Crippen LogP contribution in [0.25, 0.3) is 6.08 Å². The molecule has 1 aliphatic carbocycles. The van der Waals surface area contributed by atoms with Crippen LogP contribution in [0.4, 0.5) is 4.39 Å². The molecular weight excluding hydrogens is 341 g/mol. The third kappa shape index (κ3) is 3.74. The maximum absolute atomic E-state index is 13.5. The Morgan fingerprint density at radius 2 is 2.22 bits per heavy atom. The predicted molar refractivity (Wildman–Crippen MR) is 105 cm³/mol. The first-order valence-corrected chi connectivity index (χ1v) is 9.68. The summed E-state index contributed by atoms with van der Waals surface area (Å²) >= 11 is 0.